The van der Waals surface area contributed by atoms with Crippen molar-refractivity contribution in [2.45, 2.75) is 25.2 Å². The zero-order valence-electron chi connectivity index (χ0n) is 14.4. The van der Waals surface area contributed by atoms with Gasteiger partial charge in [-0.15, -0.1) is 0 Å². The van der Waals surface area contributed by atoms with E-state index in [0.717, 1.165) is 11.1 Å². The van der Waals surface area contributed by atoms with Gasteiger partial charge in [0.2, 0.25) is 5.91 Å². The highest BCUT2D eigenvalue weighted by atomic mass is 32.2. The first-order valence-electron chi connectivity index (χ1n) is 8.08. The summed E-state index contributed by atoms with van der Waals surface area (Å²) < 4.78 is 26.6. The van der Waals surface area contributed by atoms with Crippen molar-refractivity contribution in [2.75, 3.05) is 16.8 Å². The van der Waals surface area contributed by atoms with Crippen molar-refractivity contribution in [3.8, 4) is 0 Å². The topological polar surface area (TPSA) is 95.6 Å². The predicted molar refractivity (Wildman–Crippen MR) is 98.7 cm³/mol. The number of amides is 3. The van der Waals surface area contributed by atoms with Crippen LogP contribution in [0.5, 0.6) is 0 Å². The van der Waals surface area contributed by atoms with Crippen molar-refractivity contribution >= 4 is 33.3 Å². The van der Waals surface area contributed by atoms with Crippen molar-refractivity contribution in [2.24, 2.45) is 0 Å². The van der Waals surface area contributed by atoms with E-state index in [1.165, 1.54) is 19.1 Å². The van der Waals surface area contributed by atoms with Gasteiger partial charge in [-0.3, -0.25) is 4.79 Å². The van der Waals surface area contributed by atoms with E-state index in [4.69, 9.17) is 0 Å². The minimum atomic E-state index is -3.98. The second-order valence-corrected chi connectivity index (χ2v) is 7.79. The normalized spacial score (nSPS) is 13.2. The quantitative estimate of drug-likeness (QED) is 0.864. The van der Waals surface area contributed by atoms with Crippen molar-refractivity contribution in [1.82, 2.24) is 4.72 Å². The van der Waals surface area contributed by atoms with Crippen molar-refractivity contribution < 1.29 is 18.0 Å². The number of hydrogen-bond acceptors (Lipinski definition) is 4. The minimum absolute atomic E-state index is 0.00176. The monoisotopic (exact) mass is 373 g/mol. The fourth-order valence-electron chi connectivity index (χ4n) is 2.92. The maximum absolute atomic E-state index is 12.3. The molecule has 1 aliphatic rings. The lowest BCUT2D eigenvalue weighted by molar-refractivity contribution is -0.116. The van der Waals surface area contributed by atoms with E-state index in [2.05, 4.69) is 5.32 Å². The van der Waals surface area contributed by atoms with Gasteiger partial charge in [0.1, 0.15) is 0 Å². The molecule has 0 radical (unpaired) electrons. The van der Waals surface area contributed by atoms with Crippen molar-refractivity contribution in [1.29, 1.82) is 0 Å². The van der Waals surface area contributed by atoms with Gasteiger partial charge in [0, 0.05) is 13.5 Å². The average Bonchev–Trinajstić information content (AvgIpc) is 3.00. The van der Waals surface area contributed by atoms with Crippen LogP contribution in [-0.4, -0.2) is 26.9 Å². The number of aryl methyl sites for hydroxylation is 1. The lowest BCUT2D eigenvalue weighted by Crippen LogP contribution is -2.35. The van der Waals surface area contributed by atoms with Gasteiger partial charge in [0.05, 0.1) is 16.3 Å². The van der Waals surface area contributed by atoms with E-state index in [0.29, 0.717) is 24.3 Å². The first kappa shape index (κ1) is 17.9. The van der Waals surface area contributed by atoms with Gasteiger partial charge in [-0.05, 0) is 37.1 Å². The molecule has 1 aliphatic heterocycles. The van der Waals surface area contributed by atoms with E-state index < -0.39 is 16.1 Å². The Hall–Kier alpha value is -2.87. The summed E-state index contributed by atoms with van der Waals surface area (Å²) in [6.07, 6.45) is 0.688. The standard InChI is InChI=1S/C18H19N3O4S/c1-12-6-8-15(9-7-12)26(24,25)20-18(23)19-16-5-3-4-14-10-11-21(13(2)22)17(14)16/h3-9H,10-11H2,1-2H3,(H2,19,20,23). The van der Waals surface area contributed by atoms with Crippen LogP contribution in [-0.2, 0) is 21.2 Å². The lowest BCUT2D eigenvalue weighted by Gasteiger charge is -2.19. The predicted octanol–water partition coefficient (Wildman–Crippen LogP) is 2.41. The van der Waals surface area contributed by atoms with Gasteiger partial charge in [-0.2, -0.15) is 0 Å². The number of nitrogens with zero attached hydrogens (tertiary/aromatic N) is 1. The molecule has 0 spiro atoms. The van der Waals surface area contributed by atoms with Crippen LogP contribution < -0.4 is 14.9 Å². The number of sulfonamides is 1. The summed E-state index contributed by atoms with van der Waals surface area (Å²) >= 11 is 0. The second kappa shape index (κ2) is 6.80. The summed E-state index contributed by atoms with van der Waals surface area (Å²) in [6, 6.07) is 10.6. The van der Waals surface area contributed by atoms with Gasteiger partial charge < -0.3 is 10.2 Å². The van der Waals surface area contributed by atoms with Crippen molar-refractivity contribution in [3.63, 3.8) is 0 Å². The van der Waals surface area contributed by atoms with E-state index in [-0.39, 0.29) is 10.8 Å². The molecule has 2 N–H and O–H groups in total. The first-order chi connectivity index (χ1) is 12.3. The molecule has 26 heavy (non-hydrogen) atoms. The number of rotatable bonds is 3. The van der Waals surface area contributed by atoms with Crippen LogP contribution in [0.2, 0.25) is 0 Å². The minimum Gasteiger partial charge on any atom is -0.310 e. The Bertz CT molecular complexity index is 968. The Morgan fingerprint density at radius 3 is 2.42 bits per heavy atom. The Labute approximate surface area is 152 Å². The molecule has 0 aliphatic carbocycles. The fraction of sp³-hybridized carbons (Fsp3) is 0.222. The first-order valence-corrected chi connectivity index (χ1v) is 9.57. The molecule has 3 rings (SSSR count). The van der Waals surface area contributed by atoms with Crippen LogP contribution in [0.4, 0.5) is 16.2 Å². The Balaban J connectivity index is 1.80. The maximum Gasteiger partial charge on any atom is 0.333 e. The van der Waals surface area contributed by atoms with Crippen LogP contribution in [0.1, 0.15) is 18.1 Å². The molecular formula is C18H19N3O4S. The highest BCUT2D eigenvalue weighted by molar-refractivity contribution is 7.90. The van der Waals surface area contributed by atoms with Crippen LogP contribution in [0.25, 0.3) is 0 Å². The smallest absolute Gasteiger partial charge is 0.310 e. The number of carbonyl (C=O) groups excluding carboxylic acids is 2. The molecule has 0 saturated heterocycles. The van der Waals surface area contributed by atoms with Crippen LogP contribution in [0.3, 0.4) is 0 Å². The number of urea groups is 1. The summed E-state index contributed by atoms with van der Waals surface area (Å²) in [5.41, 5.74) is 2.85. The third-order valence-corrected chi connectivity index (χ3v) is 5.53. The number of hydrogen-bond donors (Lipinski definition) is 2. The van der Waals surface area contributed by atoms with E-state index in [1.54, 1.807) is 29.2 Å². The molecular weight excluding hydrogens is 354 g/mol. The molecule has 1 heterocycles. The zero-order valence-corrected chi connectivity index (χ0v) is 15.3. The molecule has 2 aromatic rings. The van der Waals surface area contributed by atoms with Crippen LogP contribution in [0, 0.1) is 6.92 Å². The summed E-state index contributed by atoms with van der Waals surface area (Å²) in [7, 11) is -3.98. The number of para-hydroxylation sites is 1. The Kier molecular flexibility index (Phi) is 4.69. The Morgan fingerprint density at radius 1 is 1.08 bits per heavy atom. The van der Waals surface area contributed by atoms with E-state index in [9.17, 15) is 18.0 Å². The van der Waals surface area contributed by atoms with Gasteiger partial charge in [0.25, 0.3) is 10.0 Å². The second-order valence-electron chi connectivity index (χ2n) is 6.11. The van der Waals surface area contributed by atoms with Gasteiger partial charge in [-0.25, -0.2) is 17.9 Å². The summed E-state index contributed by atoms with van der Waals surface area (Å²) in [4.78, 5) is 25.6. The summed E-state index contributed by atoms with van der Waals surface area (Å²) in [6.45, 7) is 3.83. The van der Waals surface area contributed by atoms with Gasteiger partial charge in [0.15, 0.2) is 0 Å². The summed E-state index contributed by atoms with van der Waals surface area (Å²) in [5, 5.41) is 2.54. The molecule has 3 amide bonds. The lowest BCUT2D eigenvalue weighted by atomic mass is 10.1. The number of nitrogens with one attached hydrogen (secondary N) is 2. The zero-order chi connectivity index (χ0) is 18.9. The molecule has 2 aromatic carbocycles. The third-order valence-electron chi connectivity index (χ3n) is 4.18. The molecule has 0 bridgehead atoms. The molecule has 0 atom stereocenters. The maximum atomic E-state index is 12.3. The SMILES string of the molecule is CC(=O)N1CCc2cccc(NC(=O)NS(=O)(=O)c3ccc(C)cc3)c21. The number of anilines is 2. The number of carbonyl (C=O) groups is 2. The van der Waals surface area contributed by atoms with Crippen molar-refractivity contribution in [3.05, 3.63) is 53.6 Å². The Morgan fingerprint density at radius 2 is 1.77 bits per heavy atom. The largest absolute Gasteiger partial charge is 0.333 e. The number of benzene rings is 2. The highest BCUT2D eigenvalue weighted by Crippen LogP contribution is 2.35. The molecule has 0 aromatic heterocycles. The molecule has 8 heteroatoms. The highest BCUT2D eigenvalue weighted by Gasteiger charge is 2.26. The third kappa shape index (κ3) is 3.55. The molecule has 136 valence electrons. The summed E-state index contributed by atoms with van der Waals surface area (Å²) in [5.74, 6) is -0.134. The molecule has 7 nitrogen and oxygen atoms in total. The average molecular weight is 373 g/mol. The molecule has 0 unspecified atom stereocenters. The van der Waals surface area contributed by atoms with E-state index in [1.807, 2.05) is 17.7 Å². The number of fused-ring (bicyclic) bond motifs is 1. The van der Waals surface area contributed by atoms with Gasteiger partial charge >= 0.3 is 6.03 Å². The van der Waals surface area contributed by atoms with Crippen LogP contribution >= 0.6 is 0 Å². The van der Waals surface area contributed by atoms with Gasteiger partial charge in [-0.1, -0.05) is 29.8 Å². The van der Waals surface area contributed by atoms with Crippen LogP contribution in [0.15, 0.2) is 47.4 Å². The van der Waals surface area contributed by atoms with E-state index >= 15 is 0 Å². The fourth-order valence-corrected chi connectivity index (χ4v) is 3.83. The molecule has 0 fully saturated rings. The molecule has 0 saturated carbocycles.